The van der Waals surface area contributed by atoms with Crippen LogP contribution in [0.5, 0.6) is 0 Å². The maximum absolute atomic E-state index is 8.46. The molecule has 0 aliphatic rings. The zero-order chi connectivity index (χ0) is 5.41. The summed E-state index contributed by atoms with van der Waals surface area (Å²) in [6, 6.07) is 0. The van der Waals surface area contributed by atoms with E-state index in [2.05, 4.69) is 0 Å². The van der Waals surface area contributed by atoms with Crippen LogP contribution in [0.3, 0.4) is 0 Å². The molecule has 0 heterocycles. The molecule has 0 aromatic carbocycles. The Labute approximate surface area is 54.0 Å². The molecule has 7 heavy (non-hydrogen) atoms. The molecule has 0 saturated heterocycles. The van der Waals surface area contributed by atoms with Gasteiger partial charge in [0.15, 0.2) is 0 Å². The normalized spacial score (nSPS) is 6.00. The first-order valence-corrected chi connectivity index (χ1v) is 2.30. The van der Waals surface area contributed by atoms with Crippen LogP contribution in [0.25, 0.3) is 0 Å². The second kappa shape index (κ2) is 30.3. The van der Waals surface area contributed by atoms with Crippen molar-refractivity contribution in [2.24, 2.45) is 0 Å². The van der Waals surface area contributed by atoms with Crippen molar-refractivity contribution in [3.05, 3.63) is 0 Å². The van der Waals surface area contributed by atoms with E-state index in [0.717, 1.165) is 0 Å². The van der Waals surface area contributed by atoms with Crippen LogP contribution in [0.1, 0.15) is 0 Å². The first-order chi connectivity index (χ1) is 2.83. The third-order valence-corrected chi connectivity index (χ3v) is 0. The zero-order valence-electron chi connectivity index (χ0n) is 2.91. The van der Waals surface area contributed by atoms with E-state index < -0.39 is 17.4 Å². The van der Waals surface area contributed by atoms with Crippen LogP contribution in [0.2, 0.25) is 0 Å². The van der Waals surface area contributed by atoms with Gasteiger partial charge in [0.1, 0.15) is 0 Å². The molecule has 0 aliphatic carbocycles. The third kappa shape index (κ3) is 349. The SMILES string of the molecule is O=PO.O=PO.[Cu+2]. The topological polar surface area (TPSA) is 74.6 Å². The van der Waals surface area contributed by atoms with Crippen LogP contribution in [-0.2, 0) is 26.2 Å². The van der Waals surface area contributed by atoms with Gasteiger partial charge in [0, 0.05) is 0 Å². The summed E-state index contributed by atoms with van der Waals surface area (Å²) in [5.74, 6) is 0. The Balaban J connectivity index is -0.0000000400. The minimum absolute atomic E-state index is 0. The van der Waals surface area contributed by atoms with Gasteiger partial charge in [-0.3, -0.25) is 0 Å². The Kier molecular flexibility index (Phi) is 67.7. The molecule has 0 aromatic rings. The van der Waals surface area contributed by atoms with Gasteiger partial charge < -0.3 is 9.79 Å². The summed E-state index contributed by atoms with van der Waals surface area (Å²) < 4.78 is 16.9. The molecule has 0 unspecified atom stereocenters. The monoisotopic (exact) mass is 191 g/mol. The van der Waals surface area contributed by atoms with Gasteiger partial charge in [-0.1, -0.05) is 0 Å². The van der Waals surface area contributed by atoms with E-state index in [1.54, 1.807) is 0 Å². The van der Waals surface area contributed by atoms with Crippen molar-refractivity contribution in [2.45, 2.75) is 0 Å². The molecular weight excluding hydrogens is 189 g/mol. The fraction of sp³-hybridized carbons (Fsp3) is 0. The molecule has 45 valence electrons. The van der Waals surface area contributed by atoms with Gasteiger partial charge in [0.05, 0.1) is 0 Å². The summed E-state index contributed by atoms with van der Waals surface area (Å²) in [5, 5.41) is 0. The summed E-state index contributed by atoms with van der Waals surface area (Å²) in [7, 11) is -1.67. The van der Waals surface area contributed by atoms with Crippen LogP contribution >= 0.6 is 17.4 Å². The summed E-state index contributed by atoms with van der Waals surface area (Å²) >= 11 is 0. The van der Waals surface area contributed by atoms with Crippen molar-refractivity contribution in [3.8, 4) is 0 Å². The molecule has 0 amide bonds. The third-order valence-electron chi connectivity index (χ3n) is 0. The molecule has 2 N–H and O–H groups in total. The predicted octanol–water partition coefficient (Wildman–Crippen LogP) is 0.368. The quantitative estimate of drug-likeness (QED) is 0.429. The number of hydrogen-bond donors (Lipinski definition) is 2. The van der Waals surface area contributed by atoms with E-state index in [1.807, 2.05) is 0 Å². The largest absolute Gasteiger partial charge is 2.00 e. The molecule has 7 heteroatoms. The van der Waals surface area contributed by atoms with E-state index >= 15 is 0 Å². The van der Waals surface area contributed by atoms with Gasteiger partial charge in [0.25, 0.3) is 0 Å². The van der Waals surface area contributed by atoms with Crippen LogP contribution in [-0.4, -0.2) is 9.79 Å². The average molecular weight is 192 g/mol. The van der Waals surface area contributed by atoms with E-state index in [9.17, 15) is 0 Å². The Morgan fingerprint density at radius 1 is 1.00 bits per heavy atom. The molecule has 4 nitrogen and oxygen atoms in total. The minimum atomic E-state index is -0.833. The smallest absolute Gasteiger partial charge is 0.310 e. The fourth-order valence-electron chi connectivity index (χ4n) is 0. The predicted molar refractivity (Wildman–Crippen MR) is 19.7 cm³/mol. The molecule has 0 fully saturated rings. The molecule has 0 spiro atoms. The van der Waals surface area contributed by atoms with Gasteiger partial charge >= 0.3 is 34.4 Å². The maximum Gasteiger partial charge on any atom is 2.00 e. The van der Waals surface area contributed by atoms with E-state index in [4.69, 9.17) is 18.9 Å². The van der Waals surface area contributed by atoms with Crippen molar-refractivity contribution in [1.29, 1.82) is 0 Å². The first-order valence-electron chi connectivity index (χ1n) is 0.765. The zero-order valence-corrected chi connectivity index (χ0v) is 5.64. The summed E-state index contributed by atoms with van der Waals surface area (Å²) in [6.45, 7) is 0. The van der Waals surface area contributed by atoms with Gasteiger partial charge in [0.2, 0.25) is 0 Å². The first kappa shape index (κ1) is 15.6. The maximum atomic E-state index is 8.46. The van der Waals surface area contributed by atoms with E-state index in [1.165, 1.54) is 0 Å². The second-order valence-electron chi connectivity index (χ2n) is 0.163. The van der Waals surface area contributed by atoms with E-state index in [0.29, 0.717) is 0 Å². The van der Waals surface area contributed by atoms with Crippen molar-refractivity contribution < 1.29 is 36.0 Å². The Morgan fingerprint density at radius 3 is 1.00 bits per heavy atom. The molecule has 0 saturated carbocycles. The standard InChI is InChI=1S/Cu.2HO2P/c;2*1-3-2/h;2*(H,1,2)/q+2;;. The second-order valence-corrected chi connectivity index (χ2v) is 0.490. The van der Waals surface area contributed by atoms with E-state index in [-0.39, 0.29) is 17.1 Å². The Morgan fingerprint density at radius 2 is 1.00 bits per heavy atom. The van der Waals surface area contributed by atoms with Gasteiger partial charge in [-0.05, 0) is 0 Å². The summed E-state index contributed by atoms with van der Waals surface area (Å²) in [6.07, 6.45) is 0. The van der Waals surface area contributed by atoms with Gasteiger partial charge in [-0.25, -0.2) is 9.13 Å². The average Bonchev–Trinajstić information content (AvgIpc) is 1.39. The fourth-order valence-corrected chi connectivity index (χ4v) is 0. The van der Waals surface area contributed by atoms with Crippen LogP contribution in [0.4, 0.5) is 0 Å². The Hall–Kier alpha value is 0.639. The van der Waals surface area contributed by atoms with Crippen LogP contribution < -0.4 is 0 Å². The Bertz CT molecular complexity index is 30.7. The molecular formula is H2CuO4P2+2. The molecule has 0 aromatic heterocycles. The summed E-state index contributed by atoms with van der Waals surface area (Å²) in [4.78, 5) is 14.0. The number of hydrogen-bond acceptors (Lipinski definition) is 2. The molecule has 0 rings (SSSR count). The molecule has 0 bridgehead atoms. The van der Waals surface area contributed by atoms with Crippen molar-refractivity contribution in [2.75, 3.05) is 0 Å². The molecule has 0 atom stereocenters. The van der Waals surface area contributed by atoms with Crippen molar-refractivity contribution in [1.82, 2.24) is 0 Å². The van der Waals surface area contributed by atoms with Gasteiger partial charge in [-0.2, -0.15) is 0 Å². The van der Waals surface area contributed by atoms with Crippen molar-refractivity contribution in [3.63, 3.8) is 0 Å². The van der Waals surface area contributed by atoms with Gasteiger partial charge in [-0.15, -0.1) is 0 Å². The molecule has 0 aliphatic heterocycles. The summed E-state index contributed by atoms with van der Waals surface area (Å²) in [5.41, 5.74) is 0. The number of rotatable bonds is 0. The van der Waals surface area contributed by atoms with Crippen LogP contribution in [0.15, 0.2) is 0 Å². The van der Waals surface area contributed by atoms with Crippen LogP contribution in [0, 0.1) is 0 Å². The minimum Gasteiger partial charge on any atom is -0.310 e. The van der Waals surface area contributed by atoms with Crippen molar-refractivity contribution >= 4 is 17.4 Å². The molecule has 1 radical (unpaired) electrons.